The van der Waals surface area contributed by atoms with Crippen LogP contribution in [0.25, 0.3) is 0 Å². The van der Waals surface area contributed by atoms with Crippen molar-refractivity contribution in [1.29, 1.82) is 0 Å². The molecule has 0 unspecified atom stereocenters. The van der Waals surface area contributed by atoms with Crippen LogP contribution in [0.2, 0.25) is 0 Å². The number of nitrogens with zero attached hydrogens (tertiary/aromatic N) is 3. The van der Waals surface area contributed by atoms with Crippen LogP contribution >= 0.6 is 11.5 Å². The number of aromatic nitrogens is 2. The largest absolute Gasteiger partial charge is 0.351 e. The van der Waals surface area contributed by atoms with Crippen LogP contribution in [0, 0.1) is 12.8 Å². The lowest BCUT2D eigenvalue weighted by molar-refractivity contribution is -0.130. The minimum Gasteiger partial charge on any atom is -0.351 e. The quantitative estimate of drug-likeness (QED) is 0.916. The van der Waals surface area contributed by atoms with Crippen molar-refractivity contribution in [2.75, 3.05) is 25.0 Å². The van der Waals surface area contributed by atoms with E-state index in [9.17, 15) is 4.79 Å². The number of hydrogen-bond acceptors (Lipinski definition) is 5. The van der Waals surface area contributed by atoms with Crippen LogP contribution < -0.4 is 5.32 Å². The molecular weight excluding hydrogens is 308 g/mol. The van der Waals surface area contributed by atoms with E-state index in [-0.39, 0.29) is 5.91 Å². The van der Waals surface area contributed by atoms with Gasteiger partial charge in [-0.3, -0.25) is 4.79 Å². The number of carbonyl (C=O) groups is 1. The molecule has 0 radical (unpaired) electrons. The Labute approximate surface area is 140 Å². The van der Waals surface area contributed by atoms with E-state index in [0.717, 1.165) is 43.3 Å². The van der Waals surface area contributed by atoms with E-state index in [1.807, 2.05) is 11.8 Å². The summed E-state index contributed by atoms with van der Waals surface area (Å²) in [6.07, 6.45) is 3.28. The van der Waals surface area contributed by atoms with Crippen molar-refractivity contribution in [3.05, 3.63) is 41.7 Å². The number of likely N-dealkylation sites (tertiary alicyclic amines) is 1. The fourth-order valence-corrected chi connectivity index (χ4v) is 3.53. The minimum absolute atomic E-state index is 0.149. The summed E-state index contributed by atoms with van der Waals surface area (Å²) < 4.78 is 4.10. The SMILES string of the molecule is Cc1nsc(NCC(=O)N2CCC(Cc3ccccc3)CC2)n1. The maximum Gasteiger partial charge on any atom is 0.241 e. The third kappa shape index (κ3) is 4.51. The molecule has 3 rings (SSSR count). The van der Waals surface area contributed by atoms with Gasteiger partial charge in [0.2, 0.25) is 11.0 Å². The number of hydrogen-bond donors (Lipinski definition) is 1. The summed E-state index contributed by atoms with van der Waals surface area (Å²) in [6.45, 7) is 3.86. The third-order valence-corrected chi connectivity index (χ3v) is 5.02. The molecule has 5 nitrogen and oxygen atoms in total. The summed E-state index contributed by atoms with van der Waals surface area (Å²) in [4.78, 5) is 18.4. The smallest absolute Gasteiger partial charge is 0.241 e. The van der Waals surface area contributed by atoms with E-state index in [1.54, 1.807) is 0 Å². The van der Waals surface area contributed by atoms with E-state index >= 15 is 0 Å². The highest BCUT2D eigenvalue weighted by atomic mass is 32.1. The Bertz CT molecular complexity index is 635. The van der Waals surface area contributed by atoms with Crippen molar-refractivity contribution in [2.24, 2.45) is 5.92 Å². The number of nitrogens with one attached hydrogen (secondary N) is 1. The first-order chi connectivity index (χ1) is 11.2. The average Bonchev–Trinajstić information content (AvgIpc) is 3.00. The molecule has 1 saturated heterocycles. The molecule has 122 valence electrons. The van der Waals surface area contributed by atoms with Crippen LogP contribution in [0.15, 0.2) is 30.3 Å². The molecule has 0 spiro atoms. The number of anilines is 1. The second-order valence-corrected chi connectivity index (χ2v) is 6.77. The Morgan fingerprint density at radius 3 is 2.70 bits per heavy atom. The third-order valence-electron chi connectivity index (χ3n) is 4.25. The molecule has 0 bridgehead atoms. The van der Waals surface area contributed by atoms with Gasteiger partial charge in [-0.15, -0.1) is 0 Å². The molecule has 0 atom stereocenters. The first-order valence-electron chi connectivity index (χ1n) is 8.06. The number of amides is 1. The normalized spacial score (nSPS) is 15.6. The lowest BCUT2D eigenvalue weighted by Gasteiger charge is -2.32. The van der Waals surface area contributed by atoms with Gasteiger partial charge in [-0.25, -0.2) is 4.98 Å². The molecule has 2 aromatic rings. The summed E-state index contributed by atoms with van der Waals surface area (Å²) >= 11 is 1.30. The molecule has 1 amide bonds. The zero-order valence-electron chi connectivity index (χ0n) is 13.4. The molecule has 1 N–H and O–H groups in total. The summed E-state index contributed by atoms with van der Waals surface area (Å²) in [5, 5.41) is 3.78. The maximum absolute atomic E-state index is 12.3. The number of benzene rings is 1. The van der Waals surface area contributed by atoms with Gasteiger partial charge in [-0.05, 0) is 37.7 Å². The Kier molecular flexibility index (Phi) is 5.23. The molecule has 6 heteroatoms. The summed E-state index contributed by atoms with van der Waals surface area (Å²) in [5.74, 6) is 1.57. The molecule has 0 aliphatic carbocycles. The van der Waals surface area contributed by atoms with Crippen LogP contribution in [0.3, 0.4) is 0 Å². The summed E-state index contributed by atoms with van der Waals surface area (Å²) in [6, 6.07) is 10.6. The molecular formula is C17H22N4OS. The van der Waals surface area contributed by atoms with Crippen LogP contribution in [0.5, 0.6) is 0 Å². The van der Waals surface area contributed by atoms with E-state index in [4.69, 9.17) is 0 Å². The van der Waals surface area contributed by atoms with Gasteiger partial charge in [-0.2, -0.15) is 4.37 Å². The van der Waals surface area contributed by atoms with Crippen molar-refractivity contribution in [3.63, 3.8) is 0 Å². The van der Waals surface area contributed by atoms with Crippen molar-refractivity contribution in [3.8, 4) is 0 Å². The first-order valence-corrected chi connectivity index (χ1v) is 8.84. The molecule has 1 aromatic heterocycles. The first kappa shape index (κ1) is 15.9. The Morgan fingerprint density at radius 1 is 1.30 bits per heavy atom. The molecule has 1 fully saturated rings. The van der Waals surface area contributed by atoms with Crippen molar-refractivity contribution in [2.45, 2.75) is 26.2 Å². The highest BCUT2D eigenvalue weighted by Gasteiger charge is 2.22. The van der Waals surface area contributed by atoms with Crippen molar-refractivity contribution < 1.29 is 4.79 Å². The number of rotatable bonds is 5. The monoisotopic (exact) mass is 330 g/mol. The van der Waals surface area contributed by atoms with Crippen LogP contribution in [-0.2, 0) is 11.2 Å². The van der Waals surface area contributed by atoms with Gasteiger partial charge in [0.05, 0.1) is 6.54 Å². The van der Waals surface area contributed by atoms with E-state index in [1.165, 1.54) is 17.1 Å². The van der Waals surface area contributed by atoms with E-state index < -0.39 is 0 Å². The Balaban J connectivity index is 1.42. The second-order valence-electron chi connectivity index (χ2n) is 6.01. The highest BCUT2D eigenvalue weighted by Crippen LogP contribution is 2.21. The molecule has 2 heterocycles. The highest BCUT2D eigenvalue weighted by molar-refractivity contribution is 7.09. The molecule has 1 aromatic carbocycles. The zero-order valence-corrected chi connectivity index (χ0v) is 14.2. The lowest BCUT2D eigenvalue weighted by atomic mass is 9.90. The summed E-state index contributed by atoms with van der Waals surface area (Å²) in [7, 11) is 0. The molecule has 23 heavy (non-hydrogen) atoms. The molecule has 1 aliphatic heterocycles. The Morgan fingerprint density at radius 2 is 2.04 bits per heavy atom. The van der Waals surface area contributed by atoms with Gasteiger partial charge in [0.15, 0.2) is 0 Å². The van der Waals surface area contributed by atoms with Gasteiger partial charge >= 0.3 is 0 Å². The van der Waals surface area contributed by atoms with E-state index in [0.29, 0.717) is 12.5 Å². The van der Waals surface area contributed by atoms with Gasteiger partial charge in [0.1, 0.15) is 5.82 Å². The predicted molar refractivity (Wildman–Crippen MR) is 92.6 cm³/mol. The second kappa shape index (κ2) is 7.55. The number of carbonyl (C=O) groups excluding carboxylic acids is 1. The van der Waals surface area contributed by atoms with Gasteiger partial charge in [-0.1, -0.05) is 30.3 Å². The fraction of sp³-hybridized carbons (Fsp3) is 0.471. The van der Waals surface area contributed by atoms with Crippen molar-refractivity contribution in [1.82, 2.24) is 14.3 Å². The lowest BCUT2D eigenvalue weighted by Crippen LogP contribution is -2.41. The summed E-state index contributed by atoms with van der Waals surface area (Å²) in [5.41, 5.74) is 1.39. The number of aryl methyl sites for hydroxylation is 1. The standard InChI is InChI=1S/C17H22N4OS/c1-13-19-17(23-20-13)18-12-16(22)21-9-7-15(8-10-21)11-14-5-3-2-4-6-14/h2-6,15H,7-12H2,1H3,(H,18,19,20). The maximum atomic E-state index is 12.3. The average molecular weight is 330 g/mol. The van der Waals surface area contributed by atoms with Gasteiger partial charge in [0, 0.05) is 24.6 Å². The minimum atomic E-state index is 0.149. The van der Waals surface area contributed by atoms with Gasteiger partial charge < -0.3 is 10.2 Å². The van der Waals surface area contributed by atoms with Crippen molar-refractivity contribution >= 4 is 22.6 Å². The van der Waals surface area contributed by atoms with Gasteiger partial charge in [0.25, 0.3) is 0 Å². The fourth-order valence-electron chi connectivity index (χ4n) is 2.97. The molecule has 1 aliphatic rings. The van der Waals surface area contributed by atoms with Crippen LogP contribution in [0.1, 0.15) is 24.2 Å². The molecule has 0 saturated carbocycles. The van der Waals surface area contributed by atoms with Crippen LogP contribution in [-0.4, -0.2) is 39.8 Å². The predicted octanol–water partition coefficient (Wildman–Crippen LogP) is 2.74. The van der Waals surface area contributed by atoms with E-state index in [2.05, 4.69) is 45.0 Å². The zero-order chi connectivity index (χ0) is 16.1. The Hall–Kier alpha value is -1.95. The number of piperidine rings is 1. The van der Waals surface area contributed by atoms with Crippen LogP contribution in [0.4, 0.5) is 5.13 Å². The topological polar surface area (TPSA) is 58.1 Å².